The Morgan fingerprint density at radius 3 is 2.61 bits per heavy atom. The van der Waals surface area contributed by atoms with Crippen LogP contribution in [0.25, 0.3) is 0 Å². The Bertz CT molecular complexity index is 998. The lowest BCUT2D eigenvalue weighted by atomic mass is 9.88. The number of hydrogen-bond acceptors (Lipinski definition) is 7. The van der Waals surface area contributed by atoms with Crippen molar-refractivity contribution in [2.24, 2.45) is 5.92 Å². The van der Waals surface area contributed by atoms with Crippen molar-refractivity contribution in [1.82, 2.24) is 0 Å². The Morgan fingerprint density at radius 2 is 1.87 bits per heavy atom. The maximum atomic E-state index is 12.8. The Labute approximate surface area is 189 Å². The summed E-state index contributed by atoms with van der Waals surface area (Å²) in [5, 5.41) is 3.29. The van der Waals surface area contributed by atoms with Crippen molar-refractivity contribution >= 4 is 45.5 Å². The number of ether oxygens (including phenoxy) is 2. The second-order valence-electron chi connectivity index (χ2n) is 8.35. The van der Waals surface area contributed by atoms with Gasteiger partial charge in [-0.05, 0) is 75.0 Å². The molecule has 0 saturated heterocycles. The second kappa shape index (κ2) is 9.12. The van der Waals surface area contributed by atoms with E-state index in [1.54, 1.807) is 6.92 Å². The summed E-state index contributed by atoms with van der Waals surface area (Å²) in [6.45, 7) is 3.73. The first-order valence-electron chi connectivity index (χ1n) is 10.7. The van der Waals surface area contributed by atoms with Crippen LogP contribution in [-0.2, 0) is 40.0 Å². The zero-order valence-corrected chi connectivity index (χ0v) is 19.7. The third kappa shape index (κ3) is 4.55. The molecule has 1 amide bonds. The smallest absolute Gasteiger partial charge is 0.349 e. The quantitative estimate of drug-likeness (QED) is 0.648. The van der Waals surface area contributed by atoms with Gasteiger partial charge in [0.2, 0.25) is 0 Å². The van der Waals surface area contributed by atoms with Crippen LogP contribution >= 0.6 is 22.7 Å². The molecule has 2 atom stereocenters. The van der Waals surface area contributed by atoms with Gasteiger partial charge in [0.1, 0.15) is 9.88 Å². The SMILES string of the molecule is COC(=O)c1c(NC(=O)C(C)OC(=O)c2cc3c(s2)CCCC3)sc2c1CCC(C)C2. The van der Waals surface area contributed by atoms with E-state index in [2.05, 4.69) is 12.2 Å². The van der Waals surface area contributed by atoms with Crippen molar-refractivity contribution in [3.63, 3.8) is 0 Å². The topological polar surface area (TPSA) is 81.7 Å². The molecule has 4 rings (SSSR count). The van der Waals surface area contributed by atoms with E-state index < -0.39 is 23.9 Å². The first-order valence-corrected chi connectivity index (χ1v) is 12.4. The standard InChI is InChI=1S/C23H27NO5S2/c1-12-8-9-15-17(10-12)31-21(19(15)23(27)28-3)24-20(25)13(2)29-22(26)18-11-14-6-4-5-7-16(14)30-18/h11-13H,4-10H2,1-3H3,(H,24,25). The van der Waals surface area contributed by atoms with Crippen molar-refractivity contribution in [1.29, 1.82) is 0 Å². The molecule has 0 saturated carbocycles. The van der Waals surface area contributed by atoms with Gasteiger partial charge in [-0.3, -0.25) is 4.79 Å². The third-order valence-electron chi connectivity index (χ3n) is 5.99. The minimum Gasteiger partial charge on any atom is -0.465 e. The number of fused-ring (bicyclic) bond motifs is 2. The van der Waals surface area contributed by atoms with Crippen molar-refractivity contribution in [3.05, 3.63) is 37.4 Å². The van der Waals surface area contributed by atoms with Gasteiger partial charge in [-0.2, -0.15) is 0 Å². The molecule has 6 nitrogen and oxygen atoms in total. The van der Waals surface area contributed by atoms with Crippen LogP contribution < -0.4 is 5.32 Å². The van der Waals surface area contributed by atoms with Gasteiger partial charge >= 0.3 is 11.9 Å². The van der Waals surface area contributed by atoms with Crippen LogP contribution in [0.3, 0.4) is 0 Å². The predicted octanol–water partition coefficient (Wildman–Crippen LogP) is 4.78. The van der Waals surface area contributed by atoms with Gasteiger partial charge in [0.15, 0.2) is 6.10 Å². The predicted molar refractivity (Wildman–Crippen MR) is 121 cm³/mol. The number of methoxy groups -OCH3 is 1. The molecule has 2 heterocycles. The third-order valence-corrected chi connectivity index (χ3v) is 8.38. The minimum absolute atomic E-state index is 0.437. The second-order valence-corrected chi connectivity index (χ2v) is 10.6. The van der Waals surface area contributed by atoms with Gasteiger partial charge in [-0.25, -0.2) is 9.59 Å². The van der Waals surface area contributed by atoms with E-state index >= 15 is 0 Å². The summed E-state index contributed by atoms with van der Waals surface area (Å²) >= 11 is 2.88. The van der Waals surface area contributed by atoms with Crippen LogP contribution in [0.15, 0.2) is 6.07 Å². The van der Waals surface area contributed by atoms with Crippen molar-refractivity contribution in [2.45, 2.75) is 64.9 Å². The number of aryl methyl sites for hydroxylation is 2. The molecular formula is C23H27NO5S2. The highest BCUT2D eigenvalue weighted by Gasteiger charge is 2.30. The highest BCUT2D eigenvalue weighted by molar-refractivity contribution is 7.17. The molecule has 0 fully saturated rings. The van der Waals surface area contributed by atoms with Gasteiger partial charge in [0.25, 0.3) is 5.91 Å². The minimum atomic E-state index is -0.977. The first kappa shape index (κ1) is 22.0. The van der Waals surface area contributed by atoms with Gasteiger partial charge < -0.3 is 14.8 Å². The molecule has 2 unspecified atom stereocenters. The summed E-state index contributed by atoms with van der Waals surface area (Å²) in [5.41, 5.74) is 2.63. The van der Waals surface area contributed by atoms with E-state index in [1.165, 1.54) is 40.2 Å². The maximum absolute atomic E-state index is 12.8. The largest absolute Gasteiger partial charge is 0.465 e. The van der Waals surface area contributed by atoms with Gasteiger partial charge in [0, 0.05) is 9.75 Å². The summed E-state index contributed by atoms with van der Waals surface area (Å²) in [4.78, 5) is 40.7. The molecule has 166 valence electrons. The fraction of sp³-hybridized carbons (Fsp3) is 0.522. The summed E-state index contributed by atoms with van der Waals surface area (Å²) in [6.07, 6.45) is 5.98. The zero-order valence-electron chi connectivity index (χ0n) is 18.0. The fourth-order valence-electron chi connectivity index (χ4n) is 4.23. The lowest BCUT2D eigenvalue weighted by Crippen LogP contribution is -2.30. The molecule has 1 N–H and O–H groups in total. The molecular weight excluding hydrogens is 434 g/mol. The summed E-state index contributed by atoms with van der Waals surface area (Å²) in [7, 11) is 1.34. The summed E-state index contributed by atoms with van der Waals surface area (Å²) in [5.74, 6) is -0.839. The molecule has 2 aromatic heterocycles. The summed E-state index contributed by atoms with van der Waals surface area (Å²) in [6, 6.07) is 1.90. The van der Waals surface area contributed by atoms with Crippen LogP contribution in [0.5, 0.6) is 0 Å². The fourth-order valence-corrected chi connectivity index (χ4v) is 6.77. The van der Waals surface area contributed by atoms with E-state index in [1.807, 2.05) is 6.07 Å². The average molecular weight is 462 g/mol. The van der Waals surface area contributed by atoms with Gasteiger partial charge in [0.05, 0.1) is 12.7 Å². The molecule has 0 aromatic carbocycles. The van der Waals surface area contributed by atoms with Crippen LogP contribution in [0.1, 0.15) is 74.0 Å². The molecule has 0 spiro atoms. The normalized spacial score (nSPS) is 18.5. The molecule has 8 heteroatoms. The number of carbonyl (C=O) groups excluding carboxylic acids is 3. The molecule has 0 radical (unpaired) electrons. The maximum Gasteiger partial charge on any atom is 0.349 e. The Morgan fingerprint density at radius 1 is 1.10 bits per heavy atom. The van der Waals surface area contributed by atoms with Crippen molar-refractivity contribution in [2.75, 3.05) is 12.4 Å². The Kier molecular flexibility index (Phi) is 6.48. The number of rotatable bonds is 5. The highest BCUT2D eigenvalue weighted by Crippen LogP contribution is 2.40. The first-order chi connectivity index (χ1) is 14.9. The van der Waals surface area contributed by atoms with Gasteiger partial charge in [-0.15, -0.1) is 22.7 Å². The van der Waals surface area contributed by atoms with Crippen LogP contribution in [0.2, 0.25) is 0 Å². The molecule has 0 bridgehead atoms. The number of carbonyl (C=O) groups is 3. The Balaban J connectivity index is 1.47. The molecule has 0 aliphatic heterocycles. The van der Waals surface area contributed by atoms with E-state index in [9.17, 15) is 14.4 Å². The van der Waals surface area contributed by atoms with E-state index in [0.717, 1.165) is 55.4 Å². The number of amides is 1. The number of esters is 2. The van der Waals surface area contributed by atoms with Crippen molar-refractivity contribution < 1.29 is 23.9 Å². The van der Waals surface area contributed by atoms with Crippen molar-refractivity contribution in [3.8, 4) is 0 Å². The average Bonchev–Trinajstić information content (AvgIpc) is 3.33. The number of nitrogens with one attached hydrogen (secondary N) is 1. The van der Waals surface area contributed by atoms with Crippen LogP contribution in [0.4, 0.5) is 5.00 Å². The summed E-state index contributed by atoms with van der Waals surface area (Å²) < 4.78 is 10.4. The Hall–Kier alpha value is -2.19. The number of thiophene rings is 2. The van der Waals surface area contributed by atoms with E-state index in [0.29, 0.717) is 21.4 Å². The number of anilines is 1. The monoisotopic (exact) mass is 461 g/mol. The lowest BCUT2D eigenvalue weighted by Gasteiger charge is -2.18. The lowest BCUT2D eigenvalue weighted by molar-refractivity contribution is -0.123. The van der Waals surface area contributed by atoms with E-state index in [-0.39, 0.29) is 0 Å². The highest BCUT2D eigenvalue weighted by atomic mass is 32.1. The van der Waals surface area contributed by atoms with Crippen LogP contribution in [0, 0.1) is 5.92 Å². The molecule has 31 heavy (non-hydrogen) atoms. The molecule has 2 aliphatic carbocycles. The molecule has 2 aliphatic rings. The molecule has 2 aromatic rings. The zero-order chi connectivity index (χ0) is 22.1. The van der Waals surface area contributed by atoms with E-state index in [4.69, 9.17) is 9.47 Å². The van der Waals surface area contributed by atoms with Crippen LogP contribution in [-0.4, -0.2) is 31.1 Å². The number of hydrogen-bond donors (Lipinski definition) is 1. The van der Waals surface area contributed by atoms with Gasteiger partial charge in [-0.1, -0.05) is 6.92 Å².